The third-order valence-corrected chi connectivity index (χ3v) is 3.31. The van der Waals surface area contributed by atoms with Gasteiger partial charge in [-0.3, -0.25) is 4.79 Å². The molecule has 20 heavy (non-hydrogen) atoms. The average Bonchev–Trinajstić information content (AvgIpc) is 3.21. The molecule has 0 aromatic rings. The Bertz CT molecular complexity index is 410. The zero-order chi connectivity index (χ0) is 14.7. The highest BCUT2D eigenvalue weighted by Crippen LogP contribution is 2.18. The highest BCUT2D eigenvalue weighted by atomic mass is 16.5. The lowest BCUT2D eigenvalue weighted by molar-refractivity contribution is -0.147. The molecule has 2 rings (SSSR count). The number of aliphatic carboxylic acids is 1. The first kappa shape index (κ1) is 14.6. The summed E-state index contributed by atoms with van der Waals surface area (Å²) in [5, 5.41) is 11.9. The first-order valence-electron chi connectivity index (χ1n) is 6.60. The van der Waals surface area contributed by atoms with E-state index in [9.17, 15) is 14.4 Å². The van der Waals surface area contributed by atoms with E-state index in [-0.39, 0.29) is 31.6 Å². The summed E-state index contributed by atoms with van der Waals surface area (Å²) < 4.78 is 5.07. The molecule has 2 aliphatic rings. The van der Waals surface area contributed by atoms with Crippen molar-refractivity contribution in [2.75, 3.05) is 33.4 Å². The van der Waals surface area contributed by atoms with Crippen LogP contribution in [-0.2, 0) is 14.3 Å². The van der Waals surface area contributed by atoms with Crippen LogP contribution in [0.4, 0.5) is 4.79 Å². The summed E-state index contributed by atoms with van der Waals surface area (Å²) in [6, 6.07) is -1.22. The second-order valence-corrected chi connectivity index (χ2v) is 5.10. The van der Waals surface area contributed by atoms with E-state index in [0.29, 0.717) is 6.61 Å². The summed E-state index contributed by atoms with van der Waals surface area (Å²) in [6.07, 6.45) is 1.96. The number of amides is 3. The fraction of sp³-hybridized carbons (Fsp3) is 0.750. The van der Waals surface area contributed by atoms with Crippen LogP contribution >= 0.6 is 0 Å². The van der Waals surface area contributed by atoms with Gasteiger partial charge in [-0.2, -0.15) is 0 Å². The molecule has 112 valence electrons. The topological polar surface area (TPSA) is 99.2 Å². The second-order valence-electron chi connectivity index (χ2n) is 5.10. The van der Waals surface area contributed by atoms with Gasteiger partial charge in [0.1, 0.15) is 6.54 Å². The molecule has 0 spiro atoms. The Morgan fingerprint density at radius 1 is 1.40 bits per heavy atom. The van der Waals surface area contributed by atoms with E-state index in [0.717, 1.165) is 12.8 Å². The minimum Gasteiger partial charge on any atom is -0.480 e. The van der Waals surface area contributed by atoms with Crippen molar-refractivity contribution in [2.45, 2.75) is 24.9 Å². The quantitative estimate of drug-likeness (QED) is 0.697. The number of hydrogen-bond donors (Lipinski definition) is 2. The van der Waals surface area contributed by atoms with Crippen molar-refractivity contribution >= 4 is 17.9 Å². The van der Waals surface area contributed by atoms with Crippen LogP contribution in [0.2, 0.25) is 0 Å². The van der Waals surface area contributed by atoms with Gasteiger partial charge < -0.3 is 25.0 Å². The number of carboxylic acids is 1. The zero-order valence-electron chi connectivity index (χ0n) is 11.4. The van der Waals surface area contributed by atoms with Gasteiger partial charge in [0.25, 0.3) is 0 Å². The van der Waals surface area contributed by atoms with Gasteiger partial charge in [0, 0.05) is 19.6 Å². The molecule has 1 aliphatic carbocycles. The normalized spacial score (nSPS) is 22.2. The monoisotopic (exact) mass is 285 g/mol. The molecular formula is C12H19N3O5. The molecule has 0 radical (unpaired) electrons. The molecule has 3 amide bonds. The molecule has 2 N–H and O–H groups in total. The van der Waals surface area contributed by atoms with Crippen LogP contribution in [0.5, 0.6) is 0 Å². The van der Waals surface area contributed by atoms with Crippen molar-refractivity contribution in [3.05, 3.63) is 0 Å². The van der Waals surface area contributed by atoms with E-state index in [2.05, 4.69) is 5.32 Å². The third kappa shape index (κ3) is 3.60. The van der Waals surface area contributed by atoms with Crippen LogP contribution in [-0.4, -0.2) is 78.2 Å². The van der Waals surface area contributed by atoms with E-state index >= 15 is 0 Å². The highest BCUT2D eigenvalue weighted by Gasteiger charge is 2.35. The number of carbonyl (C=O) groups excluding carboxylic acids is 2. The Morgan fingerprint density at radius 3 is 2.70 bits per heavy atom. The number of ether oxygens (including phenoxy) is 1. The molecule has 8 heteroatoms. The first-order chi connectivity index (χ1) is 9.49. The molecule has 1 heterocycles. The maximum absolute atomic E-state index is 12.2. The summed E-state index contributed by atoms with van der Waals surface area (Å²) in [5.41, 5.74) is 0. The van der Waals surface area contributed by atoms with Gasteiger partial charge in [-0.15, -0.1) is 0 Å². The van der Waals surface area contributed by atoms with Crippen molar-refractivity contribution in [1.29, 1.82) is 0 Å². The molecule has 0 bridgehead atoms. The van der Waals surface area contributed by atoms with Gasteiger partial charge in [0.05, 0.1) is 13.2 Å². The molecule has 1 atom stereocenters. The fourth-order valence-electron chi connectivity index (χ4n) is 2.04. The number of carboxylic acid groups (broad SMARTS) is 1. The van der Waals surface area contributed by atoms with Crippen molar-refractivity contribution in [2.24, 2.45) is 0 Å². The standard InChI is InChI=1S/C12H19N3O5/c1-14(6-10(16)13-8-2-3-8)12(19)15-4-5-20-7-9(15)11(17)18/h8-9H,2-7H2,1H3,(H,13,16)(H,17,18). The largest absolute Gasteiger partial charge is 0.480 e. The molecule has 2 fully saturated rings. The van der Waals surface area contributed by atoms with Crippen LogP contribution in [0.15, 0.2) is 0 Å². The van der Waals surface area contributed by atoms with E-state index in [1.165, 1.54) is 16.8 Å². The number of hydrogen-bond acceptors (Lipinski definition) is 4. The summed E-state index contributed by atoms with van der Waals surface area (Å²) >= 11 is 0. The zero-order valence-corrected chi connectivity index (χ0v) is 11.4. The van der Waals surface area contributed by atoms with Gasteiger partial charge in [0.2, 0.25) is 5.91 Å². The minimum atomic E-state index is -1.10. The van der Waals surface area contributed by atoms with E-state index < -0.39 is 18.0 Å². The van der Waals surface area contributed by atoms with Crippen molar-refractivity contribution in [3.8, 4) is 0 Å². The van der Waals surface area contributed by atoms with Crippen molar-refractivity contribution in [1.82, 2.24) is 15.1 Å². The van der Waals surface area contributed by atoms with E-state index in [1.807, 2.05) is 0 Å². The van der Waals surface area contributed by atoms with Gasteiger partial charge in [-0.05, 0) is 12.8 Å². The highest BCUT2D eigenvalue weighted by molar-refractivity contribution is 5.87. The van der Waals surface area contributed by atoms with Crippen molar-refractivity contribution < 1.29 is 24.2 Å². The van der Waals surface area contributed by atoms with Gasteiger partial charge in [0.15, 0.2) is 6.04 Å². The lowest BCUT2D eigenvalue weighted by atomic mass is 10.2. The lowest BCUT2D eigenvalue weighted by Gasteiger charge is -2.35. The third-order valence-electron chi connectivity index (χ3n) is 3.31. The van der Waals surface area contributed by atoms with Crippen LogP contribution in [0.1, 0.15) is 12.8 Å². The smallest absolute Gasteiger partial charge is 0.328 e. The number of rotatable bonds is 4. The lowest BCUT2D eigenvalue weighted by Crippen LogP contribution is -2.56. The fourth-order valence-corrected chi connectivity index (χ4v) is 2.04. The Morgan fingerprint density at radius 2 is 2.10 bits per heavy atom. The summed E-state index contributed by atoms with van der Waals surface area (Å²) in [5.74, 6) is -1.32. The molecule has 1 saturated heterocycles. The number of urea groups is 1. The van der Waals surface area contributed by atoms with Crippen LogP contribution < -0.4 is 5.32 Å². The predicted molar refractivity (Wildman–Crippen MR) is 68.1 cm³/mol. The number of nitrogens with one attached hydrogen (secondary N) is 1. The van der Waals surface area contributed by atoms with Crippen LogP contribution in [0.3, 0.4) is 0 Å². The second kappa shape index (κ2) is 6.08. The molecule has 1 aliphatic heterocycles. The predicted octanol–water partition coefficient (Wildman–Crippen LogP) is -0.898. The first-order valence-corrected chi connectivity index (χ1v) is 6.60. The number of likely N-dealkylation sites (N-methyl/N-ethyl adjacent to an activating group) is 1. The molecule has 8 nitrogen and oxygen atoms in total. The summed E-state index contributed by atoms with van der Waals surface area (Å²) in [6.45, 7) is 0.421. The number of nitrogens with zero attached hydrogens (tertiary/aromatic N) is 2. The Labute approximate surface area is 116 Å². The van der Waals surface area contributed by atoms with E-state index in [1.54, 1.807) is 0 Å². The summed E-state index contributed by atoms with van der Waals surface area (Å²) in [7, 11) is 1.49. The Balaban J connectivity index is 1.89. The van der Waals surface area contributed by atoms with E-state index in [4.69, 9.17) is 9.84 Å². The molecular weight excluding hydrogens is 266 g/mol. The average molecular weight is 285 g/mol. The number of morpholine rings is 1. The molecule has 1 saturated carbocycles. The maximum Gasteiger partial charge on any atom is 0.328 e. The van der Waals surface area contributed by atoms with Crippen molar-refractivity contribution in [3.63, 3.8) is 0 Å². The SMILES string of the molecule is CN(CC(=O)NC1CC1)C(=O)N1CCOCC1C(=O)O. The van der Waals surface area contributed by atoms with Crippen LogP contribution in [0.25, 0.3) is 0 Å². The Kier molecular flexibility index (Phi) is 4.43. The minimum absolute atomic E-state index is 0.0246. The van der Waals surface area contributed by atoms with Gasteiger partial charge in [-0.25, -0.2) is 9.59 Å². The maximum atomic E-state index is 12.2. The Hall–Kier alpha value is -1.83. The number of carbonyl (C=O) groups is 3. The van der Waals surface area contributed by atoms with Crippen LogP contribution in [0, 0.1) is 0 Å². The van der Waals surface area contributed by atoms with Gasteiger partial charge in [-0.1, -0.05) is 0 Å². The summed E-state index contributed by atoms with van der Waals surface area (Å²) in [4.78, 5) is 37.4. The molecule has 0 aromatic heterocycles. The van der Waals surface area contributed by atoms with Gasteiger partial charge >= 0.3 is 12.0 Å². The molecule has 1 unspecified atom stereocenters. The molecule has 0 aromatic carbocycles.